The number of halogens is 1. The van der Waals surface area contributed by atoms with E-state index in [0.717, 1.165) is 28.0 Å². The molecule has 20 heavy (non-hydrogen) atoms. The fourth-order valence-electron chi connectivity index (χ4n) is 1.70. The molecular formula is C14H16BrN3OS. The van der Waals surface area contributed by atoms with Crippen molar-refractivity contribution >= 4 is 38.9 Å². The van der Waals surface area contributed by atoms with Gasteiger partial charge in [0.15, 0.2) is 0 Å². The molecule has 2 heterocycles. The number of thiophene rings is 1. The third-order valence-electron chi connectivity index (χ3n) is 2.68. The summed E-state index contributed by atoms with van der Waals surface area (Å²) in [6, 6.07) is 3.83. The van der Waals surface area contributed by atoms with E-state index in [1.165, 1.54) is 0 Å². The zero-order valence-corrected chi connectivity index (χ0v) is 13.6. The highest BCUT2D eigenvalue weighted by Gasteiger charge is 2.11. The number of nitrogens with one attached hydrogen (secondary N) is 2. The molecule has 1 amide bonds. The maximum Gasteiger partial charge on any atom is 0.255 e. The van der Waals surface area contributed by atoms with Crippen LogP contribution < -0.4 is 10.6 Å². The Kier molecular flexibility index (Phi) is 5.55. The number of amides is 1. The van der Waals surface area contributed by atoms with Crippen molar-refractivity contribution in [2.75, 3.05) is 11.9 Å². The molecule has 2 aromatic heterocycles. The number of aromatic nitrogens is 1. The van der Waals surface area contributed by atoms with Crippen molar-refractivity contribution in [3.8, 4) is 0 Å². The van der Waals surface area contributed by atoms with Crippen LogP contribution in [0, 0.1) is 0 Å². The van der Waals surface area contributed by atoms with Gasteiger partial charge in [-0.25, -0.2) is 0 Å². The molecular weight excluding hydrogens is 338 g/mol. The lowest BCUT2D eigenvalue weighted by Gasteiger charge is -2.10. The molecule has 0 bridgehead atoms. The van der Waals surface area contributed by atoms with E-state index in [2.05, 4.69) is 38.5 Å². The Labute approximate surface area is 130 Å². The van der Waals surface area contributed by atoms with Crippen LogP contribution in [0.1, 0.15) is 28.6 Å². The first kappa shape index (κ1) is 15.0. The van der Waals surface area contributed by atoms with Crippen LogP contribution in [0.15, 0.2) is 34.4 Å². The van der Waals surface area contributed by atoms with E-state index in [-0.39, 0.29) is 5.91 Å². The van der Waals surface area contributed by atoms with Crippen LogP contribution >= 0.6 is 27.3 Å². The molecule has 2 rings (SSSR count). The third kappa shape index (κ3) is 4.05. The highest BCUT2D eigenvalue weighted by atomic mass is 79.9. The van der Waals surface area contributed by atoms with Crippen molar-refractivity contribution in [3.05, 3.63) is 44.8 Å². The number of hydrogen-bond acceptors (Lipinski definition) is 4. The zero-order valence-electron chi connectivity index (χ0n) is 11.1. The van der Waals surface area contributed by atoms with E-state index in [1.54, 1.807) is 23.7 Å². The predicted octanol–water partition coefficient (Wildman–Crippen LogP) is 3.66. The molecule has 2 N–H and O–H groups in total. The average Bonchev–Trinajstić information content (AvgIpc) is 2.88. The summed E-state index contributed by atoms with van der Waals surface area (Å²) in [5, 5.41) is 8.16. The molecule has 0 aliphatic carbocycles. The van der Waals surface area contributed by atoms with Crippen LogP contribution in [0.25, 0.3) is 0 Å². The van der Waals surface area contributed by atoms with Gasteiger partial charge < -0.3 is 10.6 Å². The summed E-state index contributed by atoms with van der Waals surface area (Å²) in [5.74, 6) is -0.110. The van der Waals surface area contributed by atoms with Crippen molar-refractivity contribution in [1.82, 2.24) is 10.3 Å². The summed E-state index contributed by atoms with van der Waals surface area (Å²) in [7, 11) is 0. The van der Waals surface area contributed by atoms with Gasteiger partial charge >= 0.3 is 0 Å². The lowest BCUT2D eigenvalue weighted by atomic mass is 10.2. The summed E-state index contributed by atoms with van der Waals surface area (Å²) in [6.07, 6.45) is 4.29. The third-order valence-corrected chi connectivity index (χ3v) is 4.37. The molecule has 0 unspecified atom stereocenters. The number of carbonyl (C=O) groups is 1. The van der Waals surface area contributed by atoms with Crippen LogP contribution in [-0.4, -0.2) is 17.4 Å². The molecule has 4 nitrogen and oxygen atoms in total. The Morgan fingerprint density at radius 3 is 3.05 bits per heavy atom. The van der Waals surface area contributed by atoms with Crippen LogP contribution in [0.4, 0.5) is 5.69 Å². The Morgan fingerprint density at radius 2 is 2.35 bits per heavy atom. The Hall–Kier alpha value is -1.40. The quantitative estimate of drug-likeness (QED) is 0.833. The Morgan fingerprint density at radius 1 is 1.50 bits per heavy atom. The summed E-state index contributed by atoms with van der Waals surface area (Å²) in [5.41, 5.74) is 1.41. The van der Waals surface area contributed by atoms with Crippen molar-refractivity contribution < 1.29 is 4.79 Å². The lowest BCUT2D eigenvalue weighted by molar-refractivity contribution is 0.0951. The summed E-state index contributed by atoms with van der Waals surface area (Å²) in [6.45, 7) is 3.45. The van der Waals surface area contributed by atoms with Gasteiger partial charge in [0.2, 0.25) is 0 Å². The summed E-state index contributed by atoms with van der Waals surface area (Å²) >= 11 is 5.01. The minimum Gasteiger partial charge on any atom is -0.384 e. The highest BCUT2D eigenvalue weighted by molar-refractivity contribution is 9.10. The fourth-order valence-corrected chi connectivity index (χ4v) is 3.09. The fraction of sp³-hybridized carbons (Fsp3) is 0.286. The van der Waals surface area contributed by atoms with Crippen molar-refractivity contribution in [2.24, 2.45) is 0 Å². The van der Waals surface area contributed by atoms with Gasteiger partial charge in [0.1, 0.15) is 0 Å². The molecule has 0 aliphatic rings. The highest BCUT2D eigenvalue weighted by Crippen LogP contribution is 2.20. The minimum absolute atomic E-state index is 0.110. The van der Waals surface area contributed by atoms with Crippen LogP contribution in [-0.2, 0) is 6.54 Å². The van der Waals surface area contributed by atoms with Gasteiger partial charge in [-0.3, -0.25) is 9.78 Å². The number of hydrogen-bond donors (Lipinski definition) is 2. The molecule has 0 radical (unpaired) electrons. The van der Waals surface area contributed by atoms with Gasteiger partial charge in [-0.2, -0.15) is 0 Å². The molecule has 0 spiro atoms. The first-order chi connectivity index (χ1) is 9.70. The number of rotatable bonds is 6. The second-order valence-electron chi connectivity index (χ2n) is 4.26. The molecule has 0 atom stereocenters. The van der Waals surface area contributed by atoms with Gasteiger partial charge in [0.05, 0.1) is 17.8 Å². The molecule has 0 saturated heterocycles. The number of anilines is 1. The molecule has 0 saturated carbocycles. The first-order valence-electron chi connectivity index (χ1n) is 6.39. The summed E-state index contributed by atoms with van der Waals surface area (Å²) < 4.78 is 1.04. The molecule has 0 aliphatic heterocycles. The van der Waals surface area contributed by atoms with Gasteiger partial charge in [-0.05, 0) is 34.5 Å². The maximum absolute atomic E-state index is 12.2. The van der Waals surface area contributed by atoms with E-state index in [1.807, 2.05) is 17.5 Å². The van der Waals surface area contributed by atoms with Gasteiger partial charge in [-0.1, -0.05) is 6.92 Å². The number of carbonyl (C=O) groups excluding carboxylic acids is 1. The first-order valence-corrected chi connectivity index (χ1v) is 8.07. The Balaban J connectivity index is 2.01. The van der Waals surface area contributed by atoms with Crippen molar-refractivity contribution in [3.63, 3.8) is 0 Å². The average molecular weight is 354 g/mol. The van der Waals surface area contributed by atoms with E-state index in [0.29, 0.717) is 12.1 Å². The normalized spacial score (nSPS) is 10.3. The van der Waals surface area contributed by atoms with Crippen LogP contribution in [0.5, 0.6) is 0 Å². The maximum atomic E-state index is 12.2. The van der Waals surface area contributed by atoms with Crippen LogP contribution in [0.3, 0.4) is 0 Å². The largest absolute Gasteiger partial charge is 0.384 e. The SMILES string of the molecule is CCCNc1ccncc1C(=O)NCc1cc(Br)cs1. The van der Waals surface area contributed by atoms with E-state index < -0.39 is 0 Å². The second kappa shape index (κ2) is 7.40. The van der Waals surface area contributed by atoms with Gasteiger partial charge in [0.25, 0.3) is 5.91 Å². The molecule has 0 fully saturated rings. The van der Waals surface area contributed by atoms with Gasteiger partial charge in [0, 0.05) is 33.7 Å². The smallest absolute Gasteiger partial charge is 0.255 e. The van der Waals surface area contributed by atoms with Crippen LogP contribution in [0.2, 0.25) is 0 Å². The topological polar surface area (TPSA) is 54.0 Å². The zero-order chi connectivity index (χ0) is 14.4. The predicted molar refractivity (Wildman–Crippen MR) is 86.2 cm³/mol. The molecule has 106 valence electrons. The molecule has 2 aromatic rings. The van der Waals surface area contributed by atoms with E-state index in [9.17, 15) is 4.79 Å². The lowest BCUT2D eigenvalue weighted by Crippen LogP contribution is -2.23. The van der Waals surface area contributed by atoms with E-state index >= 15 is 0 Å². The number of nitrogens with zero attached hydrogens (tertiary/aromatic N) is 1. The van der Waals surface area contributed by atoms with Gasteiger partial charge in [-0.15, -0.1) is 11.3 Å². The summed E-state index contributed by atoms with van der Waals surface area (Å²) in [4.78, 5) is 17.3. The second-order valence-corrected chi connectivity index (χ2v) is 6.17. The monoisotopic (exact) mass is 353 g/mol. The Bertz CT molecular complexity index is 585. The number of pyridine rings is 1. The van der Waals surface area contributed by atoms with E-state index in [4.69, 9.17) is 0 Å². The standard InChI is InChI=1S/C14H16BrN3OS/c1-2-4-17-13-3-5-16-8-12(13)14(19)18-7-11-6-10(15)9-20-11/h3,5-6,8-9H,2,4,7H2,1H3,(H,16,17)(H,18,19). The van der Waals surface area contributed by atoms with Crippen molar-refractivity contribution in [2.45, 2.75) is 19.9 Å². The molecule has 0 aromatic carbocycles. The van der Waals surface area contributed by atoms with Crippen molar-refractivity contribution in [1.29, 1.82) is 0 Å². The minimum atomic E-state index is -0.110. The molecule has 6 heteroatoms.